The SMILES string of the molecule is CCc1ccc(NC(=O)COc2ccc3c(=O)c(Oc4ccc(C(C)(C)C)cc4)c(C(F)(F)F)oc3c2)cc1. The van der Waals surface area contributed by atoms with Crippen molar-refractivity contribution in [2.75, 3.05) is 11.9 Å². The van der Waals surface area contributed by atoms with Crippen molar-refractivity contribution in [3.63, 3.8) is 0 Å². The first kappa shape index (κ1) is 27.8. The highest BCUT2D eigenvalue weighted by molar-refractivity contribution is 5.92. The molecule has 0 radical (unpaired) electrons. The minimum atomic E-state index is -5.00. The number of ether oxygens (including phenoxy) is 2. The molecule has 0 aliphatic rings. The standard InChI is InChI=1S/C30H28F3NO5/c1-5-18-6-10-20(11-7-18)34-25(35)17-37-22-14-15-23-24(16-22)39-28(30(31,32)33)27(26(23)36)38-21-12-8-19(9-13-21)29(2,3)4/h6-16H,5,17H2,1-4H3,(H,34,35). The summed E-state index contributed by atoms with van der Waals surface area (Å²) in [5, 5.41) is 2.55. The van der Waals surface area contributed by atoms with Crippen LogP contribution in [0, 0.1) is 0 Å². The molecule has 0 atom stereocenters. The van der Waals surface area contributed by atoms with Gasteiger partial charge in [0.15, 0.2) is 6.61 Å². The van der Waals surface area contributed by atoms with Crippen LogP contribution in [0.5, 0.6) is 17.2 Å². The number of nitrogens with one attached hydrogen (secondary N) is 1. The van der Waals surface area contributed by atoms with Crippen molar-refractivity contribution < 1.29 is 31.9 Å². The highest BCUT2D eigenvalue weighted by Crippen LogP contribution is 2.39. The Bertz CT molecular complexity index is 1530. The zero-order valence-electron chi connectivity index (χ0n) is 21.9. The molecule has 204 valence electrons. The first-order chi connectivity index (χ1) is 18.3. The molecule has 0 bridgehead atoms. The first-order valence-corrected chi connectivity index (χ1v) is 12.3. The molecule has 1 aromatic heterocycles. The van der Waals surface area contributed by atoms with Crippen LogP contribution in [0.2, 0.25) is 0 Å². The number of rotatable bonds is 7. The number of halogens is 3. The van der Waals surface area contributed by atoms with Crippen molar-refractivity contribution in [1.29, 1.82) is 0 Å². The van der Waals surface area contributed by atoms with Crippen molar-refractivity contribution in [3.8, 4) is 17.2 Å². The van der Waals surface area contributed by atoms with Gasteiger partial charge in [-0.05, 0) is 59.4 Å². The minimum Gasteiger partial charge on any atom is -0.484 e. The van der Waals surface area contributed by atoms with Crippen LogP contribution in [-0.2, 0) is 22.8 Å². The normalized spacial score (nSPS) is 11.9. The second-order valence-electron chi connectivity index (χ2n) is 10.0. The summed E-state index contributed by atoms with van der Waals surface area (Å²) in [6, 6.07) is 17.5. The largest absolute Gasteiger partial charge is 0.484 e. The molecule has 0 spiro atoms. The third-order valence-corrected chi connectivity index (χ3v) is 6.04. The van der Waals surface area contributed by atoms with E-state index >= 15 is 0 Å². The average Bonchev–Trinajstić information content (AvgIpc) is 2.88. The molecule has 9 heteroatoms. The zero-order chi connectivity index (χ0) is 28.4. The van der Waals surface area contributed by atoms with E-state index in [9.17, 15) is 22.8 Å². The number of carbonyl (C=O) groups excluding carboxylic acids is 1. The fraction of sp³-hybridized carbons (Fsp3) is 0.267. The Hall–Kier alpha value is -4.27. The van der Waals surface area contributed by atoms with Crippen molar-refractivity contribution in [2.24, 2.45) is 0 Å². The predicted octanol–water partition coefficient (Wildman–Crippen LogP) is 7.48. The maximum Gasteiger partial charge on any atom is 0.453 e. The Morgan fingerprint density at radius 3 is 2.15 bits per heavy atom. The lowest BCUT2D eigenvalue weighted by molar-refractivity contribution is -0.154. The lowest BCUT2D eigenvalue weighted by Gasteiger charge is -2.19. The molecule has 0 saturated carbocycles. The highest BCUT2D eigenvalue weighted by Gasteiger charge is 2.40. The van der Waals surface area contributed by atoms with Gasteiger partial charge in [0.05, 0.1) is 5.39 Å². The van der Waals surface area contributed by atoms with E-state index in [4.69, 9.17) is 13.9 Å². The third-order valence-electron chi connectivity index (χ3n) is 6.04. The van der Waals surface area contributed by atoms with Crippen molar-refractivity contribution in [3.05, 3.63) is 93.8 Å². The van der Waals surface area contributed by atoms with Crippen LogP contribution in [0.15, 0.2) is 75.9 Å². The van der Waals surface area contributed by atoms with Crippen LogP contribution >= 0.6 is 0 Å². The van der Waals surface area contributed by atoms with Crippen molar-refractivity contribution in [2.45, 2.75) is 45.7 Å². The fourth-order valence-electron chi connectivity index (χ4n) is 3.84. The number of hydrogen-bond donors (Lipinski definition) is 1. The Morgan fingerprint density at radius 2 is 1.56 bits per heavy atom. The first-order valence-electron chi connectivity index (χ1n) is 12.3. The molecule has 4 rings (SSSR count). The summed E-state index contributed by atoms with van der Waals surface area (Å²) in [5.74, 6) is -2.86. The minimum absolute atomic E-state index is 0.0571. The summed E-state index contributed by atoms with van der Waals surface area (Å²) in [4.78, 5) is 25.3. The van der Waals surface area contributed by atoms with Gasteiger partial charge in [0.25, 0.3) is 11.7 Å². The highest BCUT2D eigenvalue weighted by atomic mass is 19.4. The number of hydrogen-bond acceptors (Lipinski definition) is 5. The molecule has 1 N–H and O–H groups in total. The van der Waals surface area contributed by atoms with Crippen LogP contribution in [0.1, 0.15) is 44.6 Å². The van der Waals surface area contributed by atoms with E-state index in [-0.39, 0.29) is 27.9 Å². The second kappa shape index (κ2) is 10.8. The van der Waals surface area contributed by atoms with Gasteiger partial charge >= 0.3 is 6.18 Å². The third kappa shape index (κ3) is 6.60. The number of anilines is 1. The summed E-state index contributed by atoms with van der Waals surface area (Å²) >= 11 is 0. The zero-order valence-corrected chi connectivity index (χ0v) is 21.9. The van der Waals surface area contributed by atoms with Gasteiger partial charge in [-0.1, -0.05) is 52.0 Å². The van der Waals surface area contributed by atoms with Gasteiger partial charge in [-0.25, -0.2) is 0 Å². The summed E-state index contributed by atoms with van der Waals surface area (Å²) in [6.07, 6.45) is -4.14. The smallest absolute Gasteiger partial charge is 0.453 e. The number of fused-ring (bicyclic) bond motifs is 1. The molecule has 0 aliphatic heterocycles. The molecule has 0 saturated heterocycles. The van der Waals surface area contributed by atoms with Crippen LogP contribution in [0.4, 0.5) is 18.9 Å². The predicted molar refractivity (Wildman–Crippen MR) is 143 cm³/mol. The molecule has 6 nitrogen and oxygen atoms in total. The maximum atomic E-state index is 13.9. The summed E-state index contributed by atoms with van der Waals surface area (Å²) < 4.78 is 57.6. The van der Waals surface area contributed by atoms with Gasteiger partial charge in [0.1, 0.15) is 17.1 Å². The van der Waals surface area contributed by atoms with Crippen LogP contribution in [0.25, 0.3) is 11.0 Å². The lowest BCUT2D eigenvalue weighted by atomic mass is 9.87. The molecule has 4 aromatic rings. The van der Waals surface area contributed by atoms with Crippen molar-refractivity contribution >= 4 is 22.6 Å². The monoisotopic (exact) mass is 539 g/mol. The molecular weight excluding hydrogens is 511 g/mol. The Balaban J connectivity index is 1.57. The number of amides is 1. The second-order valence-corrected chi connectivity index (χ2v) is 10.0. The van der Waals surface area contributed by atoms with E-state index in [1.807, 2.05) is 39.8 Å². The van der Waals surface area contributed by atoms with E-state index in [1.165, 1.54) is 24.3 Å². The quantitative estimate of drug-likeness (QED) is 0.263. The van der Waals surface area contributed by atoms with Crippen molar-refractivity contribution in [1.82, 2.24) is 0 Å². The Labute approximate surface area is 223 Å². The number of carbonyl (C=O) groups is 1. The van der Waals surface area contributed by atoms with E-state index in [0.717, 1.165) is 23.6 Å². The van der Waals surface area contributed by atoms with Crippen LogP contribution in [0.3, 0.4) is 0 Å². The van der Waals surface area contributed by atoms with Gasteiger partial charge in [-0.2, -0.15) is 13.2 Å². The average molecular weight is 540 g/mol. The van der Waals surface area contributed by atoms with Gasteiger partial charge < -0.3 is 19.2 Å². The van der Waals surface area contributed by atoms with Gasteiger partial charge in [-0.15, -0.1) is 0 Å². The van der Waals surface area contributed by atoms with Gasteiger partial charge in [-0.3, -0.25) is 9.59 Å². The molecular formula is C30H28F3NO5. The topological polar surface area (TPSA) is 77.8 Å². The lowest BCUT2D eigenvalue weighted by Crippen LogP contribution is -2.20. The molecule has 1 heterocycles. The molecule has 1 amide bonds. The Kier molecular flexibility index (Phi) is 7.72. The summed E-state index contributed by atoms with van der Waals surface area (Å²) in [6.45, 7) is 7.61. The van der Waals surface area contributed by atoms with Gasteiger partial charge in [0.2, 0.25) is 11.2 Å². The van der Waals surface area contributed by atoms with E-state index < -0.39 is 35.6 Å². The van der Waals surface area contributed by atoms with E-state index in [2.05, 4.69) is 5.32 Å². The van der Waals surface area contributed by atoms with E-state index in [0.29, 0.717) is 5.69 Å². The maximum absolute atomic E-state index is 13.9. The molecule has 0 unspecified atom stereocenters. The molecule has 0 fully saturated rings. The summed E-state index contributed by atoms with van der Waals surface area (Å²) in [5.41, 5.74) is 1.15. The molecule has 39 heavy (non-hydrogen) atoms. The molecule has 0 aliphatic carbocycles. The van der Waals surface area contributed by atoms with Crippen LogP contribution < -0.4 is 20.2 Å². The fourth-order valence-corrected chi connectivity index (χ4v) is 3.84. The number of benzene rings is 3. The Morgan fingerprint density at radius 1 is 0.923 bits per heavy atom. The van der Waals surface area contributed by atoms with Crippen LogP contribution in [-0.4, -0.2) is 12.5 Å². The number of aryl methyl sites for hydroxylation is 1. The summed E-state index contributed by atoms with van der Waals surface area (Å²) in [7, 11) is 0. The van der Waals surface area contributed by atoms with Gasteiger partial charge in [0, 0.05) is 11.8 Å². The number of alkyl halides is 3. The molecule has 3 aromatic carbocycles. The van der Waals surface area contributed by atoms with E-state index in [1.54, 1.807) is 24.3 Å².